The van der Waals surface area contributed by atoms with Gasteiger partial charge in [0.1, 0.15) is 5.75 Å². The molecule has 1 unspecified atom stereocenters. The molecule has 27 heavy (non-hydrogen) atoms. The van der Waals surface area contributed by atoms with E-state index in [0.29, 0.717) is 12.3 Å². The first-order valence-electron chi connectivity index (χ1n) is 9.05. The maximum absolute atomic E-state index is 12.6. The van der Waals surface area contributed by atoms with Crippen LogP contribution in [0, 0.1) is 5.92 Å². The van der Waals surface area contributed by atoms with E-state index in [0.717, 1.165) is 37.2 Å². The van der Waals surface area contributed by atoms with Crippen LogP contribution in [0.4, 0.5) is 0 Å². The summed E-state index contributed by atoms with van der Waals surface area (Å²) in [4.78, 5) is 14.8. The number of nitrogens with zero attached hydrogens (tertiary/aromatic N) is 1. The molecule has 0 aromatic heterocycles. The SMILES string of the molecule is COc1ccc(CC2CCN(C(=O)Cc3ccc(S(C)(=O)=O)cc3)C2)cc1. The molecule has 0 bridgehead atoms. The molecule has 2 aromatic carbocycles. The molecule has 6 heteroatoms. The minimum atomic E-state index is -3.21. The van der Waals surface area contributed by atoms with Gasteiger partial charge in [0.25, 0.3) is 0 Å². The van der Waals surface area contributed by atoms with Crippen molar-refractivity contribution >= 4 is 15.7 Å². The molecule has 0 spiro atoms. The maximum atomic E-state index is 12.6. The van der Waals surface area contributed by atoms with E-state index in [4.69, 9.17) is 4.74 Å². The number of likely N-dealkylation sites (tertiary alicyclic amines) is 1. The zero-order valence-electron chi connectivity index (χ0n) is 15.7. The predicted octanol–water partition coefficient (Wildman–Crippen LogP) is 2.73. The summed E-state index contributed by atoms with van der Waals surface area (Å²) >= 11 is 0. The van der Waals surface area contributed by atoms with Crippen molar-refractivity contribution < 1.29 is 17.9 Å². The molecule has 144 valence electrons. The van der Waals surface area contributed by atoms with Crippen LogP contribution >= 0.6 is 0 Å². The fourth-order valence-electron chi connectivity index (χ4n) is 3.46. The van der Waals surface area contributed by atoms with Crippen molar-refractivity contribution in [3.8, 4) is 5.75 Å². The Balaban J connectivity index is 1.54. The lowest BCUT2D eigenvalue weighted by Crippen LogP contribution is -2.30. The molecule has 3 rings (SSSR count). The number of benzene rings is 2. The van der Waals surface area contributed by atoms with Gasteiger partial charge in [-0.05, 0) is 54.2 Å². The molecule has 1 atom stereocenters. The van der Waals surface area contributed by atoms with Crippen LogP contribution < -0.4 is 4.74 Å². The molecule has 1 saturated heterocycles. The molecule has 1 fully saturated rings. The van der Waals surface area contributed by atoms with Gasteiger partial charge in [-0.25, -0.2) is 8.42 Å². The highest BCUT2D eigenvalue weighted by Gasteiger charge is 2.26. The van der Waals surface area contributed by atoms with Gasteiger partial charge in [-0.3, -0.25) is 4.79 Å². The summed E-state index contributed by atoms with van der Waals surface area (Å²) in [7, 11) is -1.55. The van der Waals surface area contributed by atoms with Gasteiger partial charge < -0.3 is 9.64 Å². The molecule has 1 amide bonds. The average Bonchev–Trinajstić information content (AvgIpc) is 3.11. The third-order valence-electron chi connectivity index (χ3n) is 5.03. The Bertz CT molecular complexity index is 889. The Morgan fingerprint density at radius 2 is 1.70 bits per heavy atom. The number of rotatable bonds is 6. The van der Waals surface area contributed by atoms with E-state index in [1.54, 1.807) is 31.4 Å². The topological polar surface area (TPSA) is 63.7 Å². The molecule has 1 heterocycles. The third kappa shape index (κ3) is 5.10. The average molecular weight is 388 g/mol. The summed E-state index contributed by atoms with van der Waals surface area (Å²) in [5.41, 5.74) is 2.09. The molecule has 1 aliphatic heterocycles. The lowest BCUT2D eigenvalue weighted by Gasteiger charge is -2.17. The summed E-state index contributed by atoms with van der Waals surface area (Å²) in [6.07, 6.45) is 3.45. The van der Waals surface area contributed by atoms with E-state index in [1.807, 2.05) is 17.0 Å². The summed E-state index contributed by atoms with van der Waals surface area (Å²) in [6, 6.07) is 14.7. The van der Waals surface area contributed by atoms with E-state index >= 15 is 0 Å². The van der Waals surface area contributed by atoms with E-state index in [2.05, 4.69) is 12.1 Å². The third-order valence-corrected chi connectivity index (χ3v) is 6.16. The molecule has 1 aliphatic rings. The highest BCUT2D eigenvalue weighted by atomic mass is 32.2. The number of hydrogen-bond donors (Lipinski definition) is 0. The second kappa shape index (κ2) is 8.13. The summed E-state index contributed by atoms with van der Waals surface area (Å²) in [6.45, 7) is 1.55. The Labute approximate surface area is 160 Å². The van der Waals surface area contributed by atoms with Crippen molar-refractivity contribution in [2.75, 3.05) is 26.5 Å². The fourth-order valence-corrected chi connectivity index (χ4v) is 4.09. The van der Waals surface area contributed by atoms with Gasteiger partial charge in [0.15, 0.2) is 9.84 Å². The zero-order chi connectivity index (χ0) is 19.4. The van der Waals surface area contributed by atoms with Crippen molar-refractivity contribution in [2.45, 2.75) is 24.2 Å². The maximum Gasteiger partial charge on any atom is 0.226 e. The van der Waals surface area contributed by atoms with E-state index < -0.39 is 9.84 Å². The number of ether oxygens (including phenoxy) is 1. The van der Waals surface area contributed by atoms with Crippen molar-refractivity contribution in [3.05, 3.63) is 59.7 Å². The standard InChI is InChI=1S/C21H25NO4S/c1-26-19-7-3-16(4-8-19)13-18-11-12-22(15-18)21(23)14-17-5-9-20(10-6-17)27(2,24)25/h3-10,18H,11-15H2,1-2H3. The molecule has 0 radical (unpaired) electrons. The Morgan fingerprint density at radius 1 is 1.07 bits per heavy atom. The van der Waals surface area contributed by atoms with Gasteiger partial charge in [0, 0.05) is 19.3 Å². The fraction of sp³-hybridized carbons (Fsp3) is 0.381. The van der Waals surface area contributed by atoms with Crippen molar-refractivity contribution in [1.82, 2.24) is 4.90 Å². The Hall–Kier alpha value is -2.34. The van der Waals surface area contributed by atoms with Crippen molar-refractivity contribution in [1.29, 1.82) is 0 Å². The highest BCUT2D eigenvalue weighted by molar-refractivity contribution is 7.90. The monoisotopic (exact) mass is 387 g/mol. The molecule has 2 aromatic rings. The van der Waals surface area contributed by atoms with Gasteiger partial charge in [0.2, 0.25) is 5.91 Å². The molecule has 0 N–H and O–H groups in total. The number of carbonyl (C=O) groups is 1. The first-order chi connectivity index (χ1) is 12.8. The van der Waals surface area contributed by atoms with Gasteiger partial charge >= 0.3 is 0 Å². The van der Waals surface area contributed by atoms with E-state index in [-0.39, 0.29) is 10.8 Å². The lowest BCUT2D eigenvalue weighted by atomic mass is 9.99. The van der Waals surface area contributed by atoms with Gasteiger partial charge in [-0.15, -0.1) is 0 Å². The second-order valence-corrected chi connectivity index (χ2v) is 9.16. The van der Waals surface area contributed by atoms with Crippen LogP contribution in [-0.4, -0.2) is 45.7 Å². The molecular weight excluding hydrogens is 362 g/mol. The van der Waals surface area contributed by atoms with Crippen LogP contribution in [0.25, 0.3) is 0 Å². The van der Waals surface area contributed by atoms with Gasteiger partial charge in [-0.2, -0.15) is 0 Å². The summed E-state index contributed by atoms with van der Waals surface area (Å²) in [5.74, 6) is 1.41. The first-order valence-corrected chi connectivity index (χ1v) is 10.9. The first kappa shape index (κ1) is 19.4. The lowest BCUT2D eigenvalue weighted by molar-refractivity contribution is -0.129. The van der Waals surface area contributed by atoms with E-state index in [1.165, 1.54) is 11.8 Å². The van der Waals surface area contributed by atoms with Gasteiger partial charge in [0.05, 0.1) is 18.4 Å². The van der Waals surface area contributed by atoms with Crippen LogP contribution in [-0.2, 0) is 27.5 Å². The van der Waals surface area contributed by atoms with Crippen molar-refractivity contribution in [3.63, 3.8) is 0 Å². The normalized spacial score (nSPS) is 17.1. The molecule has 0 saturated carbocycles. The van der Waals surface area contributed by atoms with Crippen molar-refractivity contribution in [2.24, 2.45) is 5.92 Å². The smallest absolute Gasteiger partial charge is 0.226 e. The molecule has 5 nitrogen and oxygen atoms in total. The van der Waals surface area contributed by atoms with Gasteiger partial charge in [-0.1, -0.05) is 24.3 Å². The quantitative estimate of drug-likeness (QED) is 0.765. The van der Waals surface area contributed by atoms with Crippen LogP contribution in [0.2, 0.25) is 0 Å². The number of carbonyl (C=O) groups excluding carboxylic acids is 1. The number of amides is 1. The minimum Gasteiger partial charge on any atom is -0.497 e. The number of methoxy groups -OCH3 is 1. The molecular formula is C21H25NO4S. The van der Waals surface area contributed by atoms with Crippen LogP contribution in [0.3, 0.4) is 0 Å². The minimum absolute atomic E-state index is 0.0966. The summed E-state index contributed by atoms with van der Waals surface area (Å²) in [5, 5.41) is 0. The zero-order valence-corrected chi connectivity index (χ0v) is 16.5. The second-order valence-electron chi connectivity index (χ2n) is 7.14. The number of sulfone groups is 1. The Kier molecular flexibility index (Phi) is 5.85. The summed E-state index contributed by atoms with van der Waals surface area (Å²) < 4.78 is 28.2. The predicted molar refractivity (Wildman–Crippen MR) is 105 cm³/mol. The number of hydrogen-bond acceptors (Lipinski definition) is 4. The largest absolute Gasteiger partial charge is 0.497 e. The van der Waals surface area contributed by atoms with Crippen LogP contribution in [0.1, 0.15) is 17.5 Å². The van der Waals surface area contributed by atoms with E-state index in [9.17, 15) is 13.2 Å². The Morgan fingerprint density at radius 3 is 2.30 bits per heavy atom. The van der Waals surface area contributed by atoms with Crippen LogP contribution in [0.15, 0.2) is 53.4 Å². The van der Waals surface area contributed by atoms with Crippen LogP contribution in [0.5, 0.6) is 5.75 Å². The highest BCUT2D eigenvalue weighted by Crippen LogP contribution is 2.23. The molecule has 0 aliphatic carbocycles.